The van der Waals surface area contributed by atoms with Crippen molar-refractivity contribution in [3.8, 4) is 11.1 Å². The van der Waals surface area contributed by atoms with E-state index in [2.05, 4.69) is 17.2 Å². The van der Waals surface area contributed by atoms with Crippen molar-refractivity contribution in [1.29, 1.82) is 0 Å². The molecule has 0 aromatic heterocycles. The highest BCUT2D eigenvalue weighted by molar-refractivity contribution is 6.46. The van der Waals surface area contributed by atoms with E-state index in [0.29, 0.717) is 23.4 Å². The van der Waals surface area contributed by atoms with Crippen molar-refractivity contribution >= 4 is 11.6 Å². The van der Waals surface area contributed by atoms with Crippen molar-refractivity contribution in [3.63, 3.8) is 0 Å². The van der Waals surface area contributed by atoms with Crippen LogP contribution in [0.1, 0.15) is 56.6 Å². The highest BCUT2D eigenvalue weighted by Gasteiger charge is 2.25. The molecule has 0 spiro atoms. The summed E-state index contributed by atoms with van der Waals surface area (Å²) in [6.45, 7) is 2.81. The first kappa shape index (κ1) is 20.7. The van der Waals surface area contributed by atoms with Gasteiger partial charge in [0.25, 0.3) is 5.91 Å². The zero-order valence-electron chi connectivity index (χ0n) is 17.4. The number of benzene rings is 2. The van der Waals surface area contributed by atoms with E-state index in [1.54, 1.807) is 0 Å². The number of fused-ring (bicyclic) bond motifs is 1. The number of aliphatic imine (C=N–C) groups is 1. The van der Waals surface area contributed by atoms with Crippen molar-refractivity contribution in [2.45, 2.75) is 57.9 Å². The fraction of sp³-hybridized carbons (Fsp3) is 0.440. The quantitative estimate of drug-likeness (QED) is 0.669. The van der Waals surface area contributed by atoms with Crippen LogP contribution < -0.4 is 5.32 Å². The lowest BCUT2D eigenvalue weighted by Crippen LogP contribution is -2.40. The van der Waals surface area contributed by atoms with Gasteiger partial charge in [0.05, 0.1) is 0 Å². The van der Waals surface area contributed by atoms with E-state index in [1.807, 2.05) is 18.2 Å². The van der Waals surface area contributed by atoms with Crippen LogP contribution in [0.3, 0.4) is 0 Å². The minimum Gasteiger partial charge on any atom is -0.348 e. The number of rotatable bonds is 4. The molecule has 1 amide bonds. The van der Waals surface area contributed by atoms with Crippen LogP contribution in [0.5, 0.6) is 0 Å². The summed E-state index contributed by atoms with van der Waals surface area (Å²) in [5, 5.41) is 3.20. The van der Waals surface area contributed by atoms with Crippen molar-refractivity contribution in [2.24, 2.45) is 10.9 Å². The topological polar surface area (TPSA) is 41.5 Å². The zero-order chi connectivity index (χ0) is 21.1. The molecule has 0 saturated heterocycles. The van der Waals surface area contributed by atoms with E-state index >= 15 is 0 Å². The van der Waals surface area contributed by atoms with E-state index in [-0.39, 0.29) is 11.9 Å². The van der Waals surface area contributed by atoms with E-state index < -0.39 is 11.6 Å². The van der Waals surface area contributed by atoms with Crippen molar-refractivity contribution in [2.75, 3.05) is 6.54 Å². The first-order valence-corrected chi connectivity index (χ1v) is 11.0. The Balaban J connectivity index is 1.56. The molecule has 2 aromatic carbocycles. The minimum absolute atomic E-state index is 0.140. The Hall–Kier alpha value is -2.56. The van der Waals surface area contributed by atoms with Gasteiger partial charge in [-0.15, -0.1) is 0 Å². The molecule has 2 unspecified atom stereocenters. The van der Waals surface area contributed by atoms with Crippen LogP contribution in [0, 0.1) is 17.6 Å². The molecular weight excluding hydrogens is 382 g/mol. The number of hydrogen-bond acceptors (Lipinski definition) is 2. The molecule has 0 bridgehead atoms. The normalized spacial score (nSPS) is 21.4. The SMILES string of the molecule is CCC1CCCC(NC(=O)C2=NCCc3ccc(-c4cc(F)cc(F)c4)cc32)CC1. The summed E-state index contributed by atoms with van der Waals surface area (Å²) in [5.41, 5.74) is 3.37. The van der Waals surface area contributed by atoms with Gasteiger partial charge in [-0.25, -0.2) is 8.78 Å². The second kappa shape index (κ2) is 9.07. The second-order valence-electron chi connectivity index (χ2n) is 8.46. The fourth-order valence-corrected chi connectivity index (χ4v) is 4.67. The third-order valence-corrected chi connectivity index (χ3v) is 6.43. The summed E-state index contributed by atoms with van der Waals surface area (Å²) in [7, 11) is 0. The van der Waals surface area contributed by atoms with Gasteiger partial charge in [-0.3, -0.25) is 9.79 Å². The maximum absolute atomic E-state index is 13.7. The summed E-state index contributed by atoms with van der Waals surface area (Å²) in [6.07, 6.45) is 7.50. The summed E-state index contributed by atoms with van der Waals surface area (Å²) in [6, 6.07) is 9.28. The van der Waals surface area contributed by atoms with Gasteiger partial charge >= 0.3 is 0 Å². The van der Waals surface area contributed by atoms with Gasteiger partial charge in [0.1, 0.15) is 17.3 Å². The molecule has 1 aliphatic carbocycles. The van der Waals surface area contributed by atoms with E-state index in [1.165, 1.54) is 25.0 Å². The lowest BCUT2D eigenvalue weighted by atomic mass is 9.92. The van der Waals surface area contributed by atoms with Gasteiger partial charge in [-0.05, 0) is 66.5 Å². The molecule has 2 aromatic rings. The molecule has 1 saturated carbocycles. The highest BCUT2D eigenvalue weighted by atomic mass is 19.1. The Kier molecular flexibility index (Phi) is 6.26. The van der Waals surface area contributed by atoms with E-state index in [0.717, 1.165) is 55.2 Å². The molecular formula is C25H28F2N2O. The fourth-order valence-electron chi connectivity index (χ4n) is 4.67. The molecule has 3 nitrogen and oxygen atoms in total. The molecule has 0 radical (unpaired) electrons. The largest absolute Gasteiger partial charge is 0.348 e. The minimum atomic E-state index is -0.617. The lowest BCUT2D eigenvalue weighted by molar-refractivity contribution is -0.115. The molecule has 1 fully saturated rings. The van der Waals surface area contributed by atoms with Crippen LogP contribution in [0.4, 0.5) is 8.78 Å². The summed E-state index contributed by atoms with van der Waals surface area (Å²) < 4.78 is 27.4. The Morgan fingerprint density at radius 2 is 1.83 bits per heavy atom. The van der Waals surface area contributed by atoms with Crippen LogP contribution in [0.25, 0.3) is 11.1 Å². The maximum atomic E-state index is 13.7. The number of amides is 1. The molecule has 1 heterocycles. The van der Waals surface area contributed by atoms with Crippen LogP contribution in [0.15, 0.2) is 41.4 Å². The molecule has 1 N–H and O–H groups in total. The first-order chi connectivity index (χ1) is 14.5. The third-order valence-electron chi connectivity index (χ3n) is 6.43. The number of nitrogens with one attached hydrogen (secondary N) is 1. The predicted molar refractivity (Wildman–Crippen MR) is 116 cm³/mol. The summed E-state index contributed by atoms with van der Waals surface area (Å²) >= 11 is 0. The van der Waals surface area contributed by atoms with Crippen LogP contribution in [-0.2, 0) is 11.2 Å². The monoisotopic (exact) mass is 410 g/mol. The van der Waals surface area contributed by atoms with Gasteiger partial charge < -0.3 is 5.32 Å². The van der Waals surface area contributed by atoms with Gasteiger partial charge in [0.15, 0.2) is 0 Å². The molecule has 2 aliphatic rings. The van der Waals surface area contributed by atoms with E-state index in [4.69, 9.17) is 0 Å². The Bertz CT molecular complexity index is 949. The van der Waals surface area contributed by atoms with Crippen molar-refractivity contribution in [3.05, 3.63) is 59.2 Å². The summed E-state index contributed by atoms with van der Waals surface area (Å²) in [4.78, 5) is 17.6. The zero-order valence-corrected chi connectivity index (χ0v) is 17.4. The molecule has 1 aliphatic heterocycles. The van der Waals surface area contributed by atoms with Gasteiger partial charge in [-0.2, -0.15) is 0 Å². The first-order valence-electron chi connectivity index (χ1n) is 11.0. The van der Waals surface area contributed by atoms with E-state index in [9.17, 15) is 13.6 Å². The lowest BCUT2D eigenvalue weighted by Gasteiger charge is -2.21. The molecule has 30 heavy (non-hydrogen) atoms. The third kappa shape index (κ3) is 4.61. The smallest absolute Gasteiger partial charge is 0.270 e. The average molecular weight is 411 g/mol. The van der Waals surface area contributed by atoms with Crippen LogP contribution in [0.2, 0.25) is 0 Å². The second-order valence-corrected chi connectivity index (χ2v) is 8.46. The summed E-state index contributed by atoms with van der Waals surface area (Å²) in [5.74, 6) is -0.617. The van der Waals surface area contributed by atoms with Crippen molar-refractivity contribution in [1.82, 2.24) is 5.32 Å². The van der Waals surface area contributed by atoms with Crippen LogP contribution in [-0.4, -0.2) is 24.2 Å². The average Bonchev–Trinajstić information content (AvgIpc) is 2.97. The van der Waals surface area contributed by atoms with Gasteiger partial charge in [-0.1, -0.05) is 38.3 Å². The van der Waals surface area contributed by atoms with Gasteiger partial charge in [0, 0.05) is 24.2 Å². The Labute approximate surface area is 176 Å². The number of carbonyl (C=O) groups excluding carboxylic acids is 1. The molecule has 5 heteroatoms. The predicted octanol–water partition coefficient (Wildman–Crippen LogP) is 5.45. The standard InChI is InChI=1S/C25H28F2N2O/c1-2-16-4-3-5-22(9-6-16)29-25(30)24-23-14-18(8-7-17(23)10-11-28-24)19-12-20(26)15-21(27)13-19/h7-8,12-16,22H,2-6,9-11H2,1H3,(H,29,30). The van der Waals surface area contributed by atoms with Crippen molar-refractivity contribution < 1.29 is 13.6 Å². The number of carbonyl (C=O) groups is 1. The molecule has 2 atom stereocenters. The van der Waals surface area contributed by atoms with Crippen LogP contribution >= 0.6 is 0 Å². The Morgan fingerprint density at radius 1 is 1.03 bits per heavy atom. The molecule has 158 valence electrons. The number of hydrogen-bond donors (Lipinski definition) is 1. The molecule has 4 rings (SSSR count). The number of nitrogens with zero attached hydrogens (tertiary/aromatic N) is 1. The number of halogens is 2. The maximum Gasteiger partial charge on any atom is 0.270 e. The Morgan fingerprint density at radius 3 is 2.60 bits per heavy atom. The van der Waals surface area contributed by atoms with Gasteiger partial charge in [0.2, 0.25) is 0 Å². The highest BCUT2D eigenvalue weighted by Crippen LogP contribution is 2.28.